The Morgan fingerprint density at radius 1 is 1.21 bits per heavy atom. The van der Waals surface area contributed by atoms with Gasteiger partial charge in [-0.25, -0.2) is 5.43 Å². The van der Waals surface area contributed by atoms with Crippen molar-refractivity contribution in [3.63, 3.8) is 0 Å². The molecule has 5 nitrogen and oxygen atoms in total. The number of hydrogen-bond acceptors (Lipinski definition) is 5. The lowest BCUT2D eigenvalue weighted by Crippen LogP contribution is -2.29. The number of aromatic nitrogens is 2. The molecule has 0 aliphatic carbocycles. The summed E-state index contributed by atoms with van der Waals surface area (Å²) < 4.78 is 6.34. The van der Waals surface area contributed by atoms with Gasteiger partial charge in [0, 0.05) is 18.0 Å². The molecule has 2 aromatic heterocycles. The number of nitrogens with zero attached hydrogens (tertiary/aromatic N) is 2. The predicted octanol–water partition coefficient (Wildman–Crippen LogP) is 2.54. The first-order valence-corrected chi connectivity index (χ1v) is 6.49. The van der Waals surface area contributed by atoms with E-state index in [1.807, 2.05) is 24.3 Å². The molecule has 0 saturated heterocycles. The van der Waals surface area contributed by atoms with E-state index < -0.39 is 0 Å². The minimum absolute atomic E-state index is 0.287. The smallest absolute Gasteiger partial charge is 0.140 e. The maximum atomic E-state index is 5.68. The summed E-state index contributed by atoms with van der Waals surface area (Å²) in [5.74, 6) is 6.39. The van der Waals surface area contributed by atoms with Crippen molar-refractivity contribution in [2.45, 2.75) is 6.04 Å². The molecule has 0 aliphatic rings. The number of nitrogens with two attached hydrogens (primary N) is 1. The second kappa shape index (κ2) is 5.08. The number of hydrazine groups is 1. The standard InChI is InChI=1S/C13H11BrN4O/c14-9-4-7-19-13(9)12(18-15)8-2-1-3-10-11(8)17-6-5-16-10/h1-7,12,18H,15H2. The Labute approximate surface area is 117 Å². The summed E-state index contributed by atoms with van der Waals surface area (Å²) in [5.41, 5.74) is 5.31. The maximum absolute atomic E-state index is 5.68. The fraction of sp³-hybridized carbons (Fsp3) is 0.0769. The summed E-state index contributed by atoms with van der Waals surface area (Å²) in [4.78, 5) is 8.66. The third kappa shape index (κ3) is 2.14. The van der Waals surface area contributed by atoms with E-state index >= 15 is 0 Å². The minimum atomic E-state index is -0.287. The number of halogens is 1. The maximum Gasteiger partial charge on any atom is 0.140 e. The minimum Gasteiger partial charge on any atom is -0.466 e. The number of fused-ring (bicyclic) bond motifs is 1. The van der Waals surface area contributed by atoms with Crippen molar-refractivity contribution in [1.29, 1.82) is 0 Å². The number of rotatable bonds is 3. The summed E-state index contributed by atoms with van der Waals surface area (Å²) in [6.07, 6.45) is 4.94. The molecule has 3 rings (SSSR count). The molecule has 0 aliphatic heterocycles. The largest absolute Gasteiger partial charge is 0.466 e. The Kier molecular flexibility index (Phi) is 3.29. The van der Waals surface area contributed by atoms with Crippen molar-refractivity contribution in [2.24, 2.45) is 5.84 Å². The second-order valence-electron chi connectivity index (χ2n) is 4.00. The van der Waals surface area contributed by atoms with Crippen LogP contribution in [0.1, 0.15) is 17.4 Å². The van der Waals surface area contributed by atoms with E-state index in [0.717, 1.165) is 21.1 Å². The third-order valence-corrected chi connectivity index (χ3v) is 3.57. The van der Waals surface area contributed by atoms with Crippen LogP contribution in [0.25, 0.3) is 11.0 Å². The Balaban J connectivity index is 2.20. The predicted molar refractivity (Wildman–Crippen MR) is 75.1 cm³/mol. The molecule has 96 valence electrons. The van der Waals surface area contributed by atoms with Crippen molar-refractivity contribution in [3.8, 4) is 0 Å². The topological polar surface area (TPSA) is 77.0 Å². The van der Waals surface area contributed by atoms with Crippen LogP contribution >= 0.6 is 15.9 Å². The van der Waals surface area contributed by atoms with Crippen LogP contribution in [-0.2, 0) is 0 Å². The highest BCUT2D eigenvalue weighted by molar-refractivity contribution is 9.10. The molecule has 19 heavy (non-hydrogen) atoms. The van der Waals surface area contributed by atoms with Gasteiger partial charge in [-0.1, -0.05) is 12.1 Å². The van der Waals surface area contributed by atoms with Gasteiger partial charge in [0.2, 0.25) is 0 Å². The molecule has 3 aromatic rings. The normalized spacial score (nSPS) is 12.7. The first-order chi connectivity index (χ1) is 9.31. The van der Waals surface area contributed by atoms with Crippen molar-refractivity contribution < 1.29 is 4.42 Å². The van der Waals surface area contributed by atoms with Crippen LogP contribution in [0.5, 0.6) is 0 Å². The van der Waals surface area contributed by atoms with Gasteiger partial charge in [-0.2, -0.15) is 0 Å². The van der Waals surface area contributed by atoms with Crippen LogP contribution in [0, 0.1) is 0 Å². The van der Waals surface area contributed by atoms with Gasteiger partial charge in [-0.05, 0) is 28.1 Å². The fourth-order valence-electron chi connectivity index (χ4n) is 2.07. The van der Waals surface area contributed by atoms with Crippen LogP contribution in [0.3, 0.4) is 0 Å². The Morgan fingerprint density at radius 2 is 2.05 bits per heavy atom. The van der Waals surface area contributed by atoms with E-state index in [-0.39, 0.29) is 6.04 Å². The van der Waals surface area contributed by atoms with E-state index in [1.54, 1.807) is 18.7 Å². The Morgan fingerprint density at radius 3 is 2.79 bits per heavy atom. The SMILES string of the molecule is NNC(c1occc1Br)c1cccc2nccnc12. The number of furan rings is 1. The van der Waals surface area contributed by atoms with Crippen molar-refractivity contribution in [1.82, 2.24) is 15.4 Å². The molecule has 0 radical (unpaired) electrons. The van der Waals surface area contributed by atoms with Crippen LogP contribution in [-0.4, -0.2) is 9.97 Å². The van der Waals surface area contributed by atoms with Crippen LogP contribution in [0.4, 0.5) is 0 Å². The molecule has 0 spiro atoms. The molecule has 2 heterocycles. The molecule has 1 atom stereocenters. The highest BCUT2D eigenvalue weighted by Gasteiger charge is 2.21. The average molecular weight is 319 g/mol. The van der Waals surface area contributed by atoms with Crippen molar-refractivity contribution >= 4 is 27.0 Å². The summed E-state index contributed by atoms with van der Waals surface area (Å²) in [6, 6.07) is 7.33. The van der Waals surface area contributed by atoms with Crippen LogP contribution < -0.4 is 11.3 Å². The van der Waals surface area contributed by atoms with E-state index in [1.165, 1.54) is 0 Å². The monoisotopic (exact) mass is 318 g/mol. The highest BCUT2D eigenvalue weighted by atomic mass is 79.9. The lowest BCUT2D eigenvalue weighted by Gasteiger charge is -2.15. The molecule has 0 amide bonds. The number of hydrogen-bond donors (Lipinski definition) is 2. The molecule has 6 heteroatoms. The number of benzene rings is 1. The average Bonchev–Trinajstić information content (AvgIpc) is 2.86. The zero-order valence-corrected chi connectivity index (χ0v) is 11.5. The molecule has 1 aromatic carbocycles. The zero-order chi connectivity index (χ0) is 13.2. The molecule has 0 saturated carbocycles. The van der Waals surface area contributed by atoms with E-state index in [0.29, 0.717) is 5.76 Å². The molecular weight excluding hydrogens is 308 g/mol. The van der Waals surface area contributed by atoms with E-state index in [2.05, 4.69) is 31.3 Å². The molecular formula is C13H11BrN4O. The third-order valence-electron chi connectivity index (χ3n) is 2.91. The van der Waals surface area contributed by atoms with Gasteiger partial charge in [-0.15, -0.1) is 0 Å². The first kappa shape index (κ1) is 12.3. The summed E-state index contributed by atoms with van der Waals surface area (Å²) >= 11 is 3.44. The van der Waals surface area contributed by atoms with Gasteiger partial charge in [0.15, 0.2) is 0 Å². The molecule has 0 bridgehead atoms. The molecule has 0 fully saturated rings. The van der Waals surface area contributed by atoms with E-state index in [9.17, 15) is 0 Å². The number of para-hydroxylation sites is 1. The quantitative estimate of drug-likeness (QED) is 0.573. The van der Waals surface area contributed by atoms with Gasteiger partial charge in [-0.3, -0.25) is 15.8 Å². The summed E-state index contributed by atoms with van der Waals surface area (Å²) in [6.45, 7) is 0. The zero-order valence-electron chi connectivity index (χ0n) is 9.88. The first-order valence-electron chi connectivity index (χ1n) is 5.70. The van der Waals surface area contributed by atoms with Gasteiger partial charge < -0.3 is 4.42 Å². The van der Waals surface area contributed by atoms with Crippen LogP contribution in [0.2, 0.25) is 0 Å². The Bertz CT molecular complexity index is 707. The van der Waals surface area contributed by atoms with Crippen molar-refractivity contribution in [2.75, 3.05) is 0 Å². The van der Waals surface area contributed by atoms with Crippen LogP contribution in [0.15, 0.2) is 51.8 Å². The summed E-state index contributed by atoms with van der Waals surface area (Å²) in [7, 11) is 0. The van der Waals surface area contributed by atoms with Gasteiger partial charge >= 0.3 is 0 Å². The van der Waals surface area contributed by atoms with E-state index in [4.69, 9.17) is 10.3 Å². The molecule has 3 N–H and O–H groups in total. The van der Waals surface area contributed by atoms with Crippen molar-refractivity contribution in [3.05, 3.63) is 58.7 Å². The van der Waals surface area contributed by atoms with Gasteiger partial charge in [0.05, 0.1) is 21.8 Å². The lowest BCUT2D eigenvalue weighted by molar-refractivity contribution is 0.451. The molecule has 1 unspecified atom stereocenters. The highest BCUT2D eigenvalue weighted by Crippen LogP contribution is 2.31. The summed E-state index contributed by atoms with van der Waals surface area (Å²) in [5, 5.41) is 0. The lowest BCUT2D eigenvalue weighted by atomic mass is 10.0. The van der Waals surface area contributed by atoms with Gasteiger partial charge in [0.1, 0.15) is 11.8 Å². The fourth-order valence-corrected chi connectivity index (χ4v) is 2.50. The second-order valence-corrected chi connectivity index (χ2v) is 4.86. The number of nitrogens with one attached hydrogen (secondary N) is 1. The Hall–Kier alpha value is -1.76. The van der Waals surface area contributed by atoms with Gasteiger partial charge in [0.25, 0.3) is 0 Å².